The van der Waals surface area contributed by atoms with Crippen molar-refractivity contribution in [2.24, 2.45) is 0 Å². The van der Waals surface area contributed by atoms with E-state index < -0.39 is 6.09 Å². The molecule has 0 aliphatic carbocycles. The molecule has 5 nitrogen and oxygen atoms in total. The molecular weight excluding hydrogens is 280 g/mol. The molecule has 2 aliphatic rings. The molecule has 0 saturated carbocycles. The Morgan fingerprint density at radius 1 is 1.23 bits per heavy atom. The molecule has 1 N–H and O–H groups in total. The van der Waals surface area contributed by atoms with Crippen LogP contribution in [0.25, 0.3) is 0 Å². The van der Waals surface area contributed by atoms with E-state index in [0.29, 0.717) is 12.6 Å². The minimum Gasteiger partial charge on any atom is -0.465 e. The van der Waals surface area contributed by atoms with Crippen LogP contribution in [0.5, 0.6) is 0 Å². The van der Waals surface area contributed by atoms with Crippen molar-refractivity contribution >= 4 is 6.09 Å². The fourth-order valence-corrected chi connectivity index (χ4v) is 3.51. The normalized spacial score (nSPS) is 23.5. The Balaban J connectivity index is 1.58. The van der Waals surface area contributed by atoms with E-state index in [4.69, 9.17) is 4.74 Å². The minimum absolute atomic E-state index is 0.122. The second-order valence-electron chi connectivity index (χ2n) is 6.18. The Kier molecular flexibility index (Phi) is 4.95. The highest BCUT2D eigenvalue weighted by molar-refractivity contribution is 5.65. The number of carboxylic acid groups (broad SMARTS) is 1. The first-order chi connectivity index (χ1) is 10.7. The van der Waals surface area contributed by atoms with E-state index in [1.54, 1.807) is 4.90 Å². The highest BCUT2D eigenvalue weighted by Gasteiger charge is 2.31. The molecule has 0 bridgehead atoms. The molecule has 3 rings (SSSR count). The number of amides is 1. The summed E-state index contributed by atoms with van der Waals surface area (Å²) in [5.41, 5.74) is 1.05. The molecule has 2 saturated heterocycles. The van der Waals surface area contributed by atoms with Crippen LogP contribution in [0, 0.1) is 0 Å². The van der Waals surface area contributed by atoms with Crippen LogP contribution in [-0.4, -0.2) is 59.4 Å². The van der Waals surface area contributed by atoms with Gasteiger partial charge in [-0.05, 0) is 24.8 Å². The number of rotatable bonds is 4. The molecule has 0 aromatic heterocycles. The molecule has 0 radical (unpaired) electrons. The van der Waals surface area contributed by atoms with Gasteiger partial charge in [-0.1, -0.05) is 30.3 Å². The van der Waals surface area contributed by atoms with Crippen LogP contribution in [0.15, 0.2) is 30.3 Å². The summed E-state index contributed by atoms with van der Waals surface area (Å²) in [6, 6.07) is 10.5. The molecule has 5 heteroatoms. The van der Waals surface area contributed by atoms with E-state index in [2.05, 4.69) is 4.90 Å². The summed E-state index contributed by atoms with van der Waals surface area (Å²) in [5.74, 6) is 0. The zero-order valence-electron chi connectivity index (χ0n) is 12.9. The quantitative estimate of drug-likeness (QED) is 0.928. The van der Waals surface area contributed by atoms with Gasteiger partial charge in [0.05, 0.1) is 6.61 Å². The highest BCUT2D eigenvalue weighted by Crippen LogP contribution is 2.23. The lowest BCUT2D eigenvalue weighted by atomic mass is 10.0. The van der Waals surface area contributed by atoms with Crippen LogP contribution < -0.4 is 0 Å². The summed E-state index contributed by atoms with van der Waals surface area (Å²) in [7, 11) is 0. The number of hydrogen-bond donors (Lipinski definition) is 1. The second kappa shape index (κ2) is 7.11. The maximum atomic E-state index is 11.6. The van der Waals surface area contributed by atoms with Gasteiger partial charge in [-0.3, -0.25) is 4.90 Å². The second-order valence-corrected chi connectivity index (χ2v) is 6.18. The number of nitrogens with zero attached hydrogens (tertiary/aromatic N) is 2. The zero-order chi connectivity index (χ0) is 15.4. The molecule has 120 valence electrons. The Morgan fingerprint density at radius 2 is 1.95 bits per heavy atom. The Hall–Kier alpha value is -1.59. The first-order valence-electron chi connectivity index (χ1n) is 8.09. The maximum absolute atomic E-state index is 11.6. The smallest absolute Gasteiger partial charge is 0.407 e. The van der Waals surface area contributed by atoms with Crippen LogP contribution >= 0.6 is 0 Å². The number of carbonyl (C=O) groups is 1. The van der Waals surface area contributed by atoms with Crippen molar-refractivity contribution in [2.45, 2.75) is 37.9 Å². The van der Waals surface area contributed by atoms with Gasteiger partial charge in [-0.25, -0.2) is 4.79 Å². The highest BCUT2D eigenvalue weighted by atomic mass is 16.5. The predicted octanol–water partition coefficient (Wildman–Crippen LogP) is 2.42. The van der Waals surface area contributed by atoms with Gasteiger partial charge in [0.1, 0.15) is 0 Å². The Morgan fingerprint density at radius 3 is 2.55 bits per heavy atom. The summed E-state index contributed by atoms with van der Waals surface area (Å²) in [6.07, 6.45) is 2.12. The lowest BCUT2D eigenvalue weighted by Gasteiger charge is -2.39. The van der Waals surface area contributed by atoms with Crippen molar-refractivity contribution in [3.05, 3.63) is 35.9 Å². The molecule has 0 spiro atoms. The number of piperidine rings is 1. The zero-order valence-corrected chi connectivity index (χ0v) is 12.9. The molecule has 1 aromatic carbocycles. The first kappa shape index (κ1) is 15.3. The Bertz CT molecular complexity index is 480. The molecule has 1 aromatic rings. The van der Waals surface area contributed by atoms with Crippen molar-refractivity contribution in [1.29, 1.82) is 0 Å². The molecular formula is C17H24N2O3. The van der Waals surface area contributed by atoms with Gasteiger partial charge in [-0.15, -0.1) is 0 Å². The van der Waals surface area contributed by atoms with Crippen LogP contribution in [-0.2, 0) is 11.3 Å². The van der Waals surface area contributed by atoms with E-state index in [0.717, 1.165) is 51.1 Å². The number of benzene rings is 1. The summed E-state index contributed by atoms with van der Waals surface area (Å²) < 4.78 is 5.46. The largest absolute Gasteiger partial charge is 0.465 e. The van der Waals surface area contributed by atoms with Gasteiger partial charge in [0.15, 0.2) is 0 Å². The SMILES string of the molecule is O=C(O)N(Cc1ccccc1)C1CCN(C2CCOC2)CC1. The molecule has 1 atom stereocenters. The van der Waals surface area contributed by atoms with Gasteiger partial charge in [-0.2, -0.15) is 0 Å². The standard InChI is InChI=1S/C17H24N2O3/c20-17(21)19(12-14-4-2-1-3-5-14)15-6-9-18(10-7-15)16-8-11-22-13-16/h1-5,15-16H,6-13H2,(H,20,21). The third-order valence-corrected chi connectivity index (χ3v) is 4.80. The maximum Gasteiger partial charge on any atom is 0.407 e. The lowest BCUT2D eigenvalue weighted by Crippen LogP contribution is -2.49. The van der Waals surface area contributed by atoms with E-state index in [-0.39, 0.29) is 6.04 Å². The minimum atomic E-state index is -0.813. The van der Waals surface area contributed by atoms with Gasteiger partial charge in [0.25, 0.3) is 0 Å². The van der Waals surface area contributed by atoms with Crippen molar-refractivity contribution in [3.8, 4) is 0 Å². The number of ether oxygens (including phenoxy) is 1. The molecule has 2 heterocycles. The summed E-state index contributed by atoms with van der Waals surface area (Å²) >= 11 is 0. The van der Waals surface area contributed by atoms with Crippen LogP contribution in [0.2, 0.25) is 0 Å². The monoisotopic (exact) mass is 304 g/mol. The third kappa shape index (κ3) is 3.59. The van der Waals surface area contributed by atoms with Crippen molar-refractivity contribution in [3.63, 3.8) is 0 Å². The summed E-state index contributed by atoms with van der Waals surface area (Å²) in [5, 5.41) is 9.56. The van der Waals surface area contributed by atoms with Gasteiger partial charge in [0.2, 0.25) is 0 Å². The van der Waals surface area contributed by atoms with Gasteiger partial charge >= 0.3 is 6.09 Å². The number of likely N-dealkylation sites (tertiary alicyclic amines) is 1. The van der Waals surface area contributed by atoms with Gasteiger partial charge < -0.3 is 14.7 Å². The van der Waals surface area contributed by atoms with E-state index >= 15 is 0 Å². The van der Waals surface area contributed by atoms with Crippen molar-refractivity contribution in [1.82, 2.24) is 9.80 Å². The molecule has 2 aliphatic heterocycles. The fraction of sp³-hybridized carbons (Fsp3) is 0.588. The third-order valence-electron chi connectivity index (χ3n) is 4.80. The van der Waals surface area contributed by atoms with Crippen LogP contribution in [0.3, 0.4) is 0 Å². The van der Waals surface area contributed by atoms with Crippen LogP contribution in [0.1, 0.15) is 24.8 Å². The lowest BCUT2D eigenvalue weighted by molar-refractivity contribution is 0.0676. The van der Waals surface area contributed by atoms with Crippen molar-refractivity contribution < 1.29 is 14.6 Å². The first-order valence-corrected chi connectivity index (χ1v) is 8.09. The van der Waals surface area contributed by atoms with E-state index in [1.807, 2.05) is 30.3 Å². The Labute approximate surface area is 131 Å². The summed E-state index contributed by atoms with van der Waals surface area (Å²) in [4.78, 5) is 15.7. The number of hydrogen-bond acceptors (Lipinski definition) is 3. The average Bonchev–Trinajstić information content (AvgIpc) is 3.08. The molecule has 2 fully saturated rings. The molecule has 22 heavy (non-hydrogen) atoms. The topological polar surface area (TPSA) is 53.0 Å². The van der Waals surface area contributed by atoms with E-state index in [1.165, 1.54) is 0 Å². The predicted molar refractivity (Wildman–Crippen MR) is 83.8 cm³/mol. The van der Waals surface area contributed by atoms with Crippen molar-refractivity contribution in [2.75, 3.05) is 26.3 Å². The molecule has 1 unspecified atom stereocenters. The fourth-order valence-electron chi connectivity index (χ4n) is 3.51. The summed E-state index contributed by atoms with van der Waals surface area (Å²) in [6.45, 7) is 4.11. The average molecular weight is 304 g/mol. The van der Waals surface area contributed by atoms with Gasteiger partial charge in [0, 0.05) is 38.3 Å². The van der Waals surface area contributed by atoms with Crippen LogP contribution in [0.4, 0.5) is 4.79 Å². The van der Waals surface area contributed by atoms with E-state index in [9.17, 15) is 9.90 Å². The molecule has 1 amide bonds.